The number of aryl methyl sites for hydroxylation is 1. The maximum Gasteiger partial charge on any atom is 0.0725 e. The number of nitrogens with zero attached hydrogens (tertiary/aromatic N) is 1. The van der Waals surface area contributed by atoms with E-state index in [0.717, 1.165) is 6.54 Å². The molecule has 1 heterocycles. The average Bonchev–Trinajstić information content (AvgIpc) is 2.17. The lowest BCUT2D eigenvalue weighted by Gasteiger charge is -1.82. The summed E-state index contributed by atoms with van der Waals surface area (Å²) in [6, 6.07) is 2.14. The first-order valence-electron chi connectivity index (χ1n) is 2.79. The minimum absolute atomic E-state index is 0.762. The second-order valence-corrected chi connectivity index (χ2v) is 2.97. The number of hydrogen-bond acceptors (Lipinski definition) is 2. The number of thiophene rings is 1. The van der Waals surface area contributed by atoms with Crippen LogP contribution in [0.5, 0.6) is 0 Å². The third kappa shape index (κ3) is 1.64. The standard InChI is InChI=1S/C7H9NS/c1-6-3-7(4-8-2)9-5-6/h3,5H,2,4H2,1H3. The summed E-state index contributed by atoms with van der Waals surface area (Å²) in [6.45, 7) is 6.27. The Morgan fingerprint density at radius 2 is 2.56 bits per heavy atom. The smallest absolute Gasteiger partial charge is 0.0725 e. The maximum atomic E-state index is 3.78. The number of aliphatic imine (C=N–C) groups is 1. The maximum absolute atomic E-state index is 3.78. The Kier molecular flexibility index (Phi) is 2.01. The Morgan fingerprint density at radius 3 is 3.00 bits per heavy atom. The first kappa shape index (κ1) is 6.49. The van der Waals surface area contributed by atoms with Gasteiger partial charge in [0.1, 0.15) is 0 Å². The zero-order valence-corrected chi connectivity index (χ0v) is 6.24. The molecule has 0 aromatic carbocycles. The van der Waals surface area contributed by atoms with Gasteiger partial charge in [-0.25, -0.2) is 0 Å². The predicted molar refractivity (Wildman–Crippen MR) is 42.3 cm³/mol. The van der Waals surface area contributed by atoms with E-state index in [1.54, 1.807) is 11.3 Å². The van der Waals surface area contributed by atoms with Crippen molar-refractivity contribution >= 4 is 18.1 Å². The molecule has 0 spiro atoms. The SMILES string of the molecule is C=NCc1cc(C)cs1. The Balaban J connectivity index is 2.72. The van der Waals surface area contributed by atoms with Crippen molar-refractivity contribution in [1.82, 2.24) is 0 Å². The minimum Gasteiger partial charge on any atom is -0.295 e. The van der Waals surface area contributed by atoms with E-state index in [-0.39, 0.29) is 0 Å². The fraction of sp³-hybridized carbons (Fsp3) is 0.286. The molecule has 1 rings (SSSR count). The van der Waals surface area contributed by atoms with Gasteiger partial charge in [0.25, 0.3) is 0 Å². The van der Waals surface area contributed by atoms with E-state index in [0.29, 0.717) is 0 Å². The fourth-order valence-corrected chi connectivity index (χ4v) is 1.51. The van der Waals surface area contributed by atoms with Crippen LogP contribution in [0, 0.1) is 6.92 Å². The molecule has 1 aromatic rings. The van der Waals surface area contributed by atoms with E-state index in [1.165, 1.54) is 10.4 Å². The summed E-state index contributed by atoms with van der Waals surface area (Å²) < 4.78 is 0. The van der Waals surface area contributed by atoms with Crippen LogP contribution in [-0.2, 0) is 6.54 Å². The first-order valence-corrected chi connectivity index (χ1v) is 3.67. The molecule has 9 heavy (non-hydrogen) atoms. The van der Waals surface area contributed by atoms with Gasteiger partial charge in [0.05, 0.1) is 6.54 Å². The summed E-state index contributed by atoms with van der Waals surface area (Å²) in [5.74, 6) is 0. The van der Waals surface area contributed by atoms with Crippen molar-refractivity contribution in [3.05, 3.63) is 21.9 Å². The summed E-state index contributed by atoms with van der Waals surface area (Å²) in [5.41, 5.74) is 1.32. The van der Waals surface area contributed by atoms with Gasteiger partial charge in [-0.1, -0.05) is 0 Å². The van der Waals surface area contributed by atoms with Gasteiger partial charge in [-0.05, 0) is 30.7 Å². The highest BCUT2D eigenvalue weighted by atomic mass is 32.1. The molecule has 1 nitrogen and oxygen atoms in total. The molecule has 0 saturated heterocycles. The molecule has 1 aromatic heterocycles. The lowest BCUT2D eigenvalue weighted by Crippen LogP contribution is -1.69. The van der Waals surface area contributed by atoms with Crippen LogP contribution in [0.1, 0.15) is 10.4 Å². The van der Waals surface area contributed by atoms with Crippen LogP contribution in [0.4, 0.5) is 0 Å². The van der Waals surface area contributed by atoms with E-state index in [1.807, 2.05) is 0 Å². The van der Waals surface area contributed by atoms with Crippen LogP contribution < -0.4 is 0 Å². The molecule has 0 aliphatic heterocycles. The van der Waals surface area contributed by atoms with Crippen LogP contribution in [0.15, 0.2) is 16.4 Å². The zero-order valence-electron chi connectivity index (χ0n) is 5.42. The van der Waals surface area contributed by atoms with E-state index in [4.69, 9.17) is 0 Å². The lowest BCUT2D eigenvalue weighted by molar-refractivity contribution is 1.12. The highest BCUT2D eigenvalue weighted by Gasteiger charge is 1.91. The van der Waals surface area contributed by atoms with Gasteiger partial charge in [-0.15, -0.1) is 11.3 Å². The van der Waals surface area contributed by atoms with Gasteiger partial charge in [-0.2, -0.15) is 0 Å². The van der Waals surface area contributed by atoms with Crippen LogP contribution in [0.25, 0.3) is 0 Å². The Labute approximate surface area is 59.1 Å². The summed E-state index contributed by atoms with van der Waals surface area (Å²) in [7, 11) is 0. The molecule has 0 radical (unpaired) electrons. The molecule has 0 fully saturated rings. The Hall–Kier alpha value is -0.630. The largest absolute Gasteiger partial charge is 0.295 e. The monoisotopic (exact) mass is 139 g/mol. The molecular formula is C7H9NS. The third-order valence-electron chi connectivity index (χ3n) is 1.05. The quantitative estimate of drug-likeness (QED) is 0.557. The van der Waals surface area contributed by atoms with Gasteiger partial charge in [0.2, 0.25) is 0 Å². The fourth-order valence-electron chi connectivity index (χ4n) is 0.684. The topological polar surface area (TPSA) is 12.4 Å². The van der Waals surface area contributed by atoms with Gasteiger partial charge in [0.15, 0.2) is 0 Å². The van der Waals surface area contributed by atoms with E-state index >= 15 is 0 Å². The predicted octanol–water partition coefficient (Wildman–Crippen LogP) is 2.26. The highest BCUT2D eigenvalue weighted by Crippen LogP contribution is 2.13. The van der Waals surface area contributed by atoms with E-state index in [9.17, 15) is 0 Å². The molecule has 0 unspecified atom stereocenters. The molecule has 0 saturated carbocycles. The minimum atomic E-state index is 0.762. The van der Waals surface area contributed by atoms with E-state index < -0.39 is 0 Å². The van der Waals surface area contributed by atoms with Crippen molar-refractivity contribution in [2.45, 2.75) is 13.5 Å². The first-order chi connectivity index (χ1) is 4.33. The van der Waals surface area contributed by atoms with Crippen molar-refractivity contribution in [2.75, 3.05) is 0 Å². The molecule has 0 atom stereocenters. The Bertz CT molecular complexity index is 202. The van der Waals surface area contributed by atoms with Crippen LogP contribution in [-0.4, -0.2) is 6.72 Å². The van der Waals surface area contributed by atoms with Gasteiger partial charge in [-0.3, -0.25) is 4.99 Å². The number of rotatable bonds is 2. The van der Waals surface area contributed by atoms with Crippen molar-refractivity contribution in [2.24, 2.45) is 4.99 Å². The summed E-state index contributed by atoms with van der Waals surface area (Å²) >= 11 is 1.74. The molecule has 0 amide bonds. The zero-order chi connectivity index (χ0) is 6.69. The van der Waals surface area contributed by atoms with Crippen LogP contribution in [0.2, 0.25) is 0 Å². The molecule has 0 bridgehead atoms. The lowest BCUT2D eigenvalue weighted by atomic mass is 10.3. The third-order valence-corrected chi connectivity index (χ3v) is 2.09. The molecule has 0 N–H and O–H groups in total. The van der Waals surface area contributed by atoms with Gasteiger partial charge in [0, 0.05) is 4.88 Å². The van der Waals surface area contributed by atoms with Crippen molar-refractivity contribution in [3.8, 4) is 0 Å². The molecule has 48 valence electrons. The highest BCUT2D eigenvalue weighted by molar-refractivity contribution is 7.10. The summed E-state index contributed by atoms with van der Waals surface area (Å²) in [5, 5.41) is 2.13. The van der Waals surface area contributed by atoms with Gasteiger partial charge >= 0.3 is 0 Å². The van der Waals surface area contributed by atoms with E-state index in [2.05, 4.69) is 30.1 Å². The van der Waals surface area contributed by atoms with Crippen molar-refractivity contribution in [3.63, 3.8) is 0 Å². The van der Waals surface area contributed by atoms with Gasteiger partial charge < -0.3 is 0 Å². The summed E-state index contributed by atoms with van der Waals surface area (Å²) in [4.78, 5) is 5.07. The summed E-state index contributed by atoms with van der Waals surface area (Å²) in [6.07, 6.45) is 0. The molecule has 0 aliphatic carbocycles. The second kappa shape index (κ2) is 2.78. The van der Waals surface area contributed by atoms with Crippen LogP contribution >= 0.6 is 11.3 Å². The molecule has 2 heteroatoms. The normalized spacial score (nSPS) is 9.44. The Morgan fingerprint density at radius 1 is 1.78 bits per heavy atom. The number of hydrogen-bond donors (Lipinski definition) is 0. The molecular weight excluding hydrogens is 130 g/mol. The average molecular weight is 139 g/mol. The van der Waals surface area contributed by atoms with Crippen LogP contribution in [0.3, 0.4) is 0 Å². The second-order valence-electron chi connectivity index (χ2n) is 1.97. The van der Waals surface area contributed by atoms with Crippen molar-refractivity contribution in [1.29, 1.82) is 0 Å². The van der Waals surface area contributed by atoms with Crippen molar-refractivity contribution < 1.29 is 0 Å². The molecule has 0 aliphatic rings.